The molecule has 96 valence electrons. The van der Waals surface area contributed by atoms with Gasteiger partial charge in [0.05, 0.1) is 0 Å². The van der Waals surface area contributed by atoms with Crippen LogP contribution < -0.4 is 5.32 Å². The molecule has 0 bridgehead atoms. The van der Waals surface area contributed by atoms with Crippen molar-refractivity contribution in [3.8, 4) is 0 Å². The van der Waals surface area contributed by atoms with E-state index in [1.54, 1.807) is 19.1 Å². The van der Waals surface area contributed by atoms with E-state index in [9.17, 15) is 9.59 Å². The highest BCUT2D eigenvalue weighted by molar-refractivity contribution is 5.91. The van der Waals surface area contributed by atoms with Gasteiger partial charge >= 0.3 is 5.97 Å². The molecule has 1 aromatic rings. The molecule has 0 saturated heterocycles. The van der Waals surface area contributed by atoms with Gasteiger partial charge in [0, 0.05) is 18.9 Å². The minimum absolute atomic E-state index is 0.0344. The molecule has 0 aliphatic heterocycles. The number of pyridine rings is 1. The van der Waals surface area contributed by atoms with Gasteiger partial charge in [0.25, 0.3) is 5.91 Å². The van der Waals surface area contributed by atoms with Gasteiger partial charge in [0.1, 0.15) is 12.4 Å². The van der Waals surface area contributed by atoms with Crippen LogP contribution in [0, 0.1) is 0 Å². The Bertz CT molecular complexity index is 457. The standard InChI is InChI=1S/C12H14N2O4/c1-2-18-8-11(15)14-10-7-9(5-6-13-10)3-4-12(16)17/h3-7H,2,8H2,1H3,(H,16,17)(H,13,14,15)/b4-3+. The number of carbonyl (C=O) groups is 2. The van der Waals surface area contributed by atoms with E-state index < -0.39 is 5.97 Å². The van der Waals surface area contributed by atoms with Gasteiger partial charge < -0.3 is 15.2 Å². The average Bonchev–Trinajstić information content (AvgIpc) is 2.34. The maximum atomic E-state index is 11.4. The van der Waals surface area contributed by atoms with Gasteiger partial charge in [-0.25, -0.2) is 9.78 Å². The normalized spacial score (nSPS) is 10.5. The third-order valence-electron chi connectivity index (χ3n) is 1.91. The van der Waals surface area contributed by atoms with Gasteiger partial charge in [-0.15, -0.1) is 0 Å². The maximum Gasteiger partial charge on any atom is 0.328 e. The number of hydrogen-bond donors (Lipinski definition) is 2. The molecule has 0 fully saturated rings. The minimum Gasteiger partial charge on any atom is -0.478 e. The van der Waals surface area contributed by atoms with Crippen LogP contribution in [0.2, 0.25) is 0 Å². The number of carboxylic acid groups (broad SMARTS) is 1. The van der Waals surface area contributed by atoms with Crippen LogP contribution in [-0.2, 0) is 14.3 Å². The quantitative estimate of drug-likeness (QED) is 0.739. The summed E-state index contributed by atoms with van der Waals surface area (Å²) in [4.78, 5) is 25.7. The number of amides is 1. The van der Waals surface area contributed by atoms with Crippen LogP contribution in [0.5, 0.6) is 0 Å². The Balaban J connectivity index is 2.64. The molecule has 0 atom stereocenters. The first kappa shape index (κ1) is 13.9. The summed E-state index contributed by atoms with van der Waals surface area (Å²) in [5.41, 5.74) is 0.638. The molecular weight excluding hydrogens is 236 g/mol. The summed E-state index contributed by atoms with van der Waals surface area (Å²) in [6.45, 7) is 2.22. The van der Waals surface area contributed by atoms with E-state index in [1.807, 2.05) is 0 Å². The second kappa shape index (κ2) is 7.18. The second-order valence-electron chi connectivity index (χ2n) is 3.33. The highest BCUT2D eigenvalue weighted by Gasteiger charge is 2.03. The zero-order chi connectivity index (χ0) is 13.4. The molecule has 1 heterocycles. The summed E-state index contributed by atoms with van der Waals surface area (Å²) in [6.07, 6.45) is 3.92. The number of nitrogens with zero attached hydrogens (tertiary/aromatic N) is 1. The lowest BCUT2D eigenvalue weighted by Gasteiger charge is -2.04. The second-order valence-corrected chi connectivity index (χ2v) is 3.33. The molecule has 2 N–H and O–H groups in total. The fraction of sp³-hybridized carbons (Fsp3) is 0.250. The van der Waals surface area contributed by atoms with Crippen LogP contribution in [0.25, 0.3) is 6.08 Å². The Kier molecular flexibility index (Phi) is 5.53. The molecule has 18 heavy (non-hydrogen) atoms. The third kappa shape index (κ3) is 5.22. The molecule has 1 aromatic heterocycles. The van der Waals surface area contributed by atoms with E-state index in [2.05, 4.69) is 10.3 Å². The molecule has 0 saturated carbocycles. The first-order chi connectivity index (χ1) is 8.61. The van der Waals surface area contributed by atoms with Gasteiger partial charge in [0.15, 0.2) is 0 Å². The minimum atomic E-state index is -1.03. The number of aliphatic carboxylic acids is 1. The van der Waals surface area contributed by atoms with Crippen molar-refractivity contribution in [3.05, 3.63) is 30.0 Å². The average molecular weight is 250 g/mol. The first-order valence-corrected chi connectivity index (χ1v) is 5.36. The van der Waals surface area contributed by atoms with Crippen molar-refractivity contribution in [2.75, 3.05) is 18.5 Å². The van der Waals surface area contributed by atoms with Crippen LogP contribution in [0.4, 0.5) is 5.82 Å². The summed E-state index contributed by atoms with van der Waals surface area (Å²) in [7, 11) is 0. The molecule has 0 radical (unpaired) electrons. The number of aromatic nitrogens is 1. The van der Waals surface area contributed by atoms with E-state index in [1.165, 1.54) is 12.3 Å². The molecule has 0 aliphatic rings. The van der Waals surface area contributed by atoms with Gasteiger partial charge in [-0.05, 0) is 30.7 Å². The lowest BCUT2D eigenvalue weighted by atomic mass is 10.2. The van der Waals surface area contributed by atoms with Crippen LogP contribution in [-0.4, -0.2) is 35.2 Å². The summed E-state index contributed by atoms with van der Waals surface area (Å²) in [5, 5.41) is 11.0. The number of ether oxygens (including phenoxy) is 1. The molecule has 6 nitrogen and oxygen atoms in total. The summed E-state index contributed by atoms with van der Waals surface area (Å²) in [6, 6.07) is 3.21. The van der Waals surface area contributed by atoms with Crippen molar-refractivity contribution >= 4 is 23.8 Å². The van der Waals surface area contributed by atoms with Gasteiger partial charge in [-0.1, -0.05) is 0 Å². The summed E-state index contributed by atoms with van der Waals surface area (Å²) in [5.74, 6) is -0.982. The fourth-order valence-corrected chi connectivity index (χ4v) is 1.16. The van der Waals surface area contributed by atoms with E-state index in [0.717, 1.165) is 6.08 Å². The highest BCUT2D eigenvalue weighted by atomic mass is 16.5. The SMILES string of the molecule is CCOCC(=O)Nc1cc(/C=C/C(=O)O)ccn1. The monoisotopic (exact) mass is 250 g/mol. The first-order valence-electron chi connectivity index (χ1n) is 5.36. The largest absolute Gasteiger partial charge is 0.478 e. The van der Waals surface area contributed by atoms with E-state index in [0.29, 0.717) is 18.0 Å². The van der Waals surface area contributed by atoms with Crippen molar-refractivity contribution in [1.82, 2.24) is 4.98 Å². The molecule has 0 aliphatic carbocycles. The summed E-state index contributed by atoms with van der Waals surface area (Å²) < 4.78 is 4.95. The molecule has 0 spiro atoms. The number of anilines is 1. The number of hydrogen-bond acceptors (Lipinski definition) is 4. The van der Waals surface area contributed by atoms with Crippen molar-refractivity contribution in [1.29, 1.82) is 0 Å². The molecule has 1 rings (SSSR count). The zero-order valence-electron chi connectivity index (χ0n) is 9.92. The Morgan fingerprint density at radius 1 is 1.56 bits per heavy atom. The Hall–Kier alpha value is -2.21. The van der Waals surface area contributed by atoms with Crippen LogP contribution in [0.1, 0.15) is 12.5 Å². The Labute approximate surface area is 104 Å². The fourth-order valence-electron chi connectivity index (χ4n) is 1.16. The lowest BCUT2D eigenvalue weighted by molar-refractivity contribution is -0.131. The topological polar surface area (TPSA) is 88.5 Å². The van der Waals surface area contributed by atoms with Crippen molar-refractivity contribution < 1.29 is 19.4 Å². The third-order valence-corrected chi connectivity index (χ3v) is 1.91. The highest BCUT2D eigenvalue weighted by Crippen LogP contribution is 2.08. The number of rotatable bonds is 6. The molecule has 0 aromatic carbocycles. The van der Waals surface area contributed by atoms with Crippen molar-refractivity contribution in [2.24, 2.45) is 0 Å². The Morgan fingerprint density at radius 2 is 2.33 bits per heavy atom. The number of carboxylic acids is 1. The van der Waals surface area contributed by atoms with E-state index >= 15 is 0 Å². The van der Waals surface area contributed by atoms with Crippen LogP contribution in [0.3, 0.4) is 0 Å². The Morgan fingerprint density at radius 3 is 3.00 bits per heavy atom. The smallest absolute Gasteiger partial charge is 0.328 e. The van der Waals surface area contributed by atoms with E-state index in [-0.39, 0.29) is 12.5 Å². The van der Waals surface area contributed by atoms with Crippen LogP contribution >= 0.6 is 0 Å². The molecule has 0 unspecified atom stereocenters. The predicted molar refractivity (Wildman–Crippen MR) is 66.0 cm³/mol. The van der Waals surface area contributed by atoms with Gasteiger partial charge in [-0.2, -0.15) is 0 Å². The molecular formula is C12H14N2O4. The number of carbonyl (C=O) groups excluding carboxylic acids is 1. The van der Waals surface area contributed by atoms with Crippen molar-refractivity contribution in [2.45, 2.75) is 6.92 Å². The predicted octanol–water partition coefficient (Wildman–Crippen LogP) is 1.15. The van der Waals surface area contributed by atoms with Gasteiger partial charge in [0.2, 0.25) is 0 Å². The zero-order valence-corrected chi connectivity index (χ0v) is 9.92. The maximum absolute atomic E-state index is 11.4. The van der Waals surface area contributed by atoms with Gasteiger partial charge in [-0.3, -0.25) is 4.79 Å². The molecule has 1 amide bonds. The summed E-state index contributed by atoms with van der Waals surface area (Å²) >= 11 is 0. The van der Waals surface area contributed by atoms with E-state index in [4.69, 9.17) is 9.84 Å². The van der Waals surface area contributed by atoms with Crippen LogP contribution in [0.15, 0.2) is 24.4 Å². The van der Waals surface area contributed by atoms with Crippen molar-refractivity contribution in [3.63, 3.8) is 0 Å². The lowest BCUT2D eigenvalue weighted by Crippen LogP contribution is -2.18. The number of nitrogens with one attached hydrogen (secondary N) is 1. The molecule has 6 heteroatoms.